The fourth-order valence-electron chi connectivity index (χ4n) is 3.52. The Morgan fingerprint density at radius 1 is 1.23 bits per heavy atom. The third-order valence-electron chi connectivity index (χ3n) is 5.02. The second kappa shape index (κ2) is 10.8. The van der Waals surface area contributed by atoms with Gasteiger partial charge in [0.15, 0.2) is 5.96 Å². The molecule has 2 aromatic rings. The number of anilines is 1. The van der Waals surface area contributed by atoms with Crippen LogP contribution in [-0.2, 0) is 17.9 Å². The molecule has 3 rings (SSSR count). The quantitative estimate of drug-likeness (QED) is 0.537. The van der Waals surface area contributed by atoms with Crippen LogP contribution < -0.4 is 10.6 Å². The molecule has 1 saturated heterocycles. The third-order valence-corrected chi connectivity index (χ3v) is 5.02. The number of nitrogens with zero attached hydrogens (tertiary/aromatic N) is 4. The summed E-state index contributed by atoms with van der Waals surface area (Å²) in [5, 5.41) is 10.4. The van der Waals surface area contributed by atoms with Crippen molar-refractivity contribution in [2.45, 2.75) is 33.4 Å². The van der Waals surface area contributed by atoms with E-state index in [9.17, 15) is 4.79 Å². The van der Waals surface area contributed by atoms with Crippen molar-refractivity contribution >= 4 is 17.6 Å². The van der Waals surface area contributed by atoms with Crippen LogP contribution in [0.4, 0.5) is 5.69 Å². The number of hydrogen-bond acceptors (Lipinski definition) is 5. The summed E-state index contributed by atoms with van der Waals surface area (Å²) in [5.74, 6) is 1.29. The highest BCUT2D eigenvalue weighted by Gasteiger charge is 2.20. The first-order chi connectivity index (χ1) is 14.5. The van der Waals surface area contributed by atoms with Gasteiger partial charge in [0, 0.05) is 64.5 Å². The molecule has 1 aromatic carbocycles. The second-order valence-electron chi connectivity index (χ2n) is 8.00. The maximum Gasteiger partial charge on any atom is 0.224 e. The Morgan fingerprint density at radius 2 is 2.03 bits per heavy atom. The minimum absolute atomic E-state index is 0.0504. The number of rotatable bonds is 7. The lowest BCUT2D eigenvalue weighted by Gasteiger charge is -2.36. The molecule has 30 heavy (non-hydrogen) atoms. The first-order valence-electron chi connectivity index (χ1n) is 10.5. The van der Waals surface area contributed by atoms with Gasteiger partial charge in [-0.2, -0.15) is 0 Å². The van der Waals surface area contributed by atoms with Crippen LogP contribution in [-0.4, -0.2) is 60.0 Å². The molecule has 0 atom stereocenters. The van der Waals surface area contributed by atoms with E-state index in [1.807, 2.05) is 51.2 Å². The Balaban J connectivity index is 1.47. The number of carbonyl (C=O) groups excluding carboxylic acids is 1. The molecule has 0 saturated carbocycles. The van der Waals surface area contributed by atoms with Crippen molar-refractivity contribution < 1.29 is 9.32 Å². The van der Waals surface area contributed by atoms with Crippen LogP contribution in [0.25, 0.3) is 0 Å². The van der Waals surface area contributed by atoms with E-state index in [0.29, 0.717) is 18.9 Å². The number of carbonyl (C=O) groups is 1. The molecule has 2 N–H and O–H groups in total. The van der Waals surface area contributed by atoms with Crippen molar-refractivity contribution in [3.63, 3.8) is 0 Å². The number of piperazine rings is 1. The van der Waals surface area contributed by atoms with Gasteiger partial charge in [-0.05, 0) is 23.6 Å². The fourth-order valence-corrected chi connectivity index (χ4v) is 3.52. The topological polar surface area (TPSA) is 86.0 Å². The molecule has 1 aromatic heterocycles. The van der Waals surface area contributed by atoms with E-state index in [-0.39, 0.29) is 5.91 Å². The highest BCUT2D eigenvalue weighted by Crippen LogP contribution is 2.13. The summed E-state index contributed by atoms with van der Waals surface area (Å²) in [4.78, 5) is 21.1. The van der Waals surface area contributed by atoms with Crippen molar-refractivity contribution in [3.05, 3.63) is 47.9 Å². The molecule has 0 aliphatic carbocycles. The largest absolute Gasteiger partial charge is 0.364 e. The summed E-state index contributed by atoms with van der Waals surface area (Å²) >= 11 is 0. The van der Waals surface area contributed by atoms with Gasteiger partial charge in [0.25, 0.3) is 0 Å². The smallest absolute Gasteiger partial charge is 0.224 e. The van der Waals surface area contributed by atoms with E-state index in [0.717, 1.165) is 55.6 Å². The van der Waals surface area contributed by atoms with E-state index in [1.54, 1.807) is 6.26 Å². The molecule has 1 aliphatic heterocycles. The van der Waals surface area contributed by atoms with Crippen molar-refractivity contribution in [1.82, 2.24) is 20.3 Å². The number of guanidine groups is 1. The Labute approximate surface area is 178 Å². The summed E-state index contributed by atoms with van der Waals surface area (Å²) in [7, 11) is 1.81. The molecule has 8 heteroatoms. The maximum absolute atomic E-state index is 12.0. The molecule has 0 radical (unpaired) electrons. The number of nitrogens with one attached hydrogen (secondary N) is 2. The Hall–Kier alpha value is -2.87. The van der Waals surface area contributed by atoms with Gasteiger partial charge >= 0.3 is 0 Å². The third kappa shape index (κ3) is 6.59. The van der Waals surface area contributed by atoms with Gasteiger partial charge in [-0.1, -0.05) is 31.1 Å². The molecule has 1 amide bonds. The predicted molar refractivity (Wildman–Crippen MR) is 118 cm³/mol. The van der Waals surface area contributed by atoms with Gasteiger partial charge in [-0.15, -0.1) is 0 Å². The zero-order valence-corrected chi connectivity index (χ0v) is 18.1. The minimum Gasteiger partial charge on any atom is -0.364 e. The lowest BCUT2D eigenvalue weighted by Crippen LogP contribution is -2.52. The zero-order valence-electron chi connectivity index (χ0n) is 18.1. The Kier molecular flexibility index (Phi) is 7.84. The molecule has 0 unspecified atom stereocenters. The van der Waals surface area contributed by atoms with Gasteiger partial charge in [0.05, 0.1) is 5.69 Å². The van der Waals surface area contributed by atoms with Crippen LogP contribution in [0.2, 0.25) is 0 Å². The van der Waals surface area contributed by atoms with E-state index in [2.05, 4.69) is 30.6 Å². The molecular formula is C22H32N6O2. The molecule has 1 fully saturated rings. The van der Waals surface area contributed by atoms with E-state index in [4.69, 9.17) is 4.52 Å². The number of aromatic nitrogens is 1. The number of aliphatic imine (C=N–C) groups is 1. The van der Waals surface area contributed by atoms with Crippen LogP contribution in [0.3, 0.4) is 0 Å². The SMILES string of the molecule is CN=C(NCc1cccc(NC(=O)CC(C)C)c1)N1CCN(Cc2ccon2)CC1. The van der Waals surface area contributed by atoms with Crippen LogP contribution in [0.1, 0.15) is 31.5 Å². The zero-order chi connectivity index (χ0) is 21.3. The average Bonchev–Trinajstić information content (AvgIpc) is 3.22. The normalized spacial score (nSPS) is 15.5. The lowest BCUT2D eigenvalue weighted by atomic mass is 10.1. The summed E-state index contributed by atoms with van der Waals surface area (Å²) in [5.41, 5.74) is 2.89. The first kappa shape index (κ1) is 21.8. The van der Waals surface area contributed by atoms with Gasteiger partial charge in [0.2, 0.25) is 5.91 Å². The van der Waals surface area contributed by atoms with Crippen LogP contribution in [0.15, 0.2) is 46.1 Å². The highest BCUT2D eigenvalue weighted by molar-refractivity contribution is 5.90. The van der Waals surface area contributed by atoms with Gasteiger partial charge in [-0.3, -0.25) is 14.7 Å². The lowest BCUT2D eigenvalue weighted by molar-refractivity contribution is -0.116. The van der Waals surface area contributed by atoms with Crippen molar-refractivity contribution in [2.24, 2.45) is 10.9 Å². The average molecular weight is 413 g/mol. The standard InChI is InChI=1S/C22H32N6O2/c1-17(2)13-21(29)25-19-6-4-5-18(14-19)15-24-22(23-3)28-10-8-27(9-11-28)16-20-7-12-30-26-20/h4-7,12,14,17H,8-11,13,15-16H2,1-3H3,(H,23,24)(H,25,29). The van der Waals surface area contributed by atoms with Crippen LogP contribution >= 0.6 is 0 Å². The van der Waals surface area contributed by atoms with E-state index >= 15 is 0 Å². The molecular weight excluding hydrogens is 380 g/mol. The monoisotopic (exact) mass is 412 g/mol. The van der Waals surface area contributed by atoms with Crippen LogP contribution in [0.5, 0.6) is 0 Å². The first-order valence-corrected chi connectivity index (χ1v) is 10.5. The van der Waals surface area contributed by atoms with E-state index in [1.165, 1.54) is 0 Å². The second-order valence-corrected chi connectivity index (χ2v) is 8.00. The Bertz CT molecular complexity index is 826. The van der Waals surface area contributed by atoms with Crippen molar-refractivity contribution in [2.75, 3.05) is 38.5 Å². The molecule has 162 valence electrons. The number of amides is 1. The van der Waals surface area contributed by atoms with Gasteiger partial charge in [0.1, 0.15) is 6.26 Å². The highest BCUT2D eigenvalue weighted by atomic mass is 16.5. The molecule has 0 bridgehead atoms. The summed E-state index contributed by atoms with van der Waals surface area (Å²) in [6.45, 7) is 9.26. The Morgan fingerprint density at radius 3 is 2.70 bits per heavy atom. The molecule has 0 spiro atoms. The maximum atomic E-state index is 12.0. The summed E-state index contributed by atoms with van der Waals surface area (Å²) in [6.07, 6.45) is 2.14. The number of hydrogen-bond donors (Lipinski definition) is 2. The molecule has 2 heterocycles. The fraction of sp³-hybridized carbons (Fsp3) is 0.500. The molecule has 1 aliphatic rings. The summed E-state index contributed by atoms with van der Waals surface area (Å²) in [6, 6.07) is 9.85. The van der Waals surface area contributed by atoms with Crippen molar-refractivity contribution in [1.29, 1.82) is 0 Å². The summed E-state index contributed by atoms with van der Waals surface area (Å²) < 4.78 is 4.91. The molecule has 8 nitrogen and oxygen atoms in total. The van der Waals surface area contributed by atoms with Crippen LogP contribution in [0, 0.1) is 5.92 Å². The van der Waals surface area contributed by atoms with Gasteiger partial charge in [-0.25, -0.2) is 0 Å². The van der Waals surface area contributed by atoms with Crippen molar-refractivity contribution in [3.8, 4) is 0 Å². The number of benzene rings is 1. The van der Waals surface area contributed by atoms with Gasteiger partial charge < -0.3 is 20.1 Å². The minimum atomic E-state index is 0.0504. The predicted octanol–water partition coefficient (Wildman–Crippen LogP) is 2.55. The van der Waals surface area contributed by atoms with E-state index < -0.39 is 0 Å².